The van der Waals surface area contributed by atoms with E-state index in [0.717, 1.165) is 25.9 Å². The molecule has 2 heterocycles. The molecular formula is C17H21FN4O2. The second-order valence-corrected chi connectivity index (χ2v) is 6.09. The molecule has 1 aromatic heterocycles. The molecule has 128 valence electrons. The quantitative estimate of drug-likeness (QED) is 0.875. The fourth-order valence-corrected chi connectivity index (χ4v) is 2.70. The third kappa shape index (κ3) is 4.17. The lowest BCUT2D eigenvalue weighted by molar-refractivity contribution is -0.121. The highest BCUT2D eigenvalue weighted by Crippen LogP contribution is 2.19. The van der Waals surface area contributed by atoms with E-state index in [9.17, 15) is 9.18 Å². The molecule has 0 radical (unpaired) electrons. The summed E-state index contributed by atoms with van der Waals surface area (Å²) in [5.74, 6) is 0.382. The minimum absolute atomic E-state index is 0.0233. The van der Waals surface area contributed by atoms with Crippen molar-refractivity contribution in [2.75, 3.05) is 13.1 Å². The lowest BCUT2D eigenvalue weighted by atomic mass is 10.1. The van der Waals surface area contributed by atoms with Gasteiger partial charge in [0.15, 0.2) is 0 Å². The molecule has 1 atom stereocenters. The summed E-state index contributed by atoms with van der Waals surface area (Å²) >= 11 is 0. The van der Waals surface area contributed by atoms with Crippen LogP contribution in [0.15, 0.2) is 22.7 Å². The normalized spacial score (nSPS) is 17.7. The third-order valence-corrected chi connectivity index (χ3v) is 4.13. The molecular weight excluding hydrogens is 311 g/mol. The van der Waals surface area contributed by atoms with Gasteiger partial charge in [-0.05, 0) is 37.9 Å². The van der Waals surface area contributed by atoms with E-state index in [4.69, 9.17) is 4.52 Å². The molecule has 7 heteroatoms. The van der Waals surface area contributed by atoms with Gasteiger partial charge in [0.1, 0.15) is 5.82 Å². The Morgan fingerprint density at radius 1 is 1.50 bits per heavy atom. The largest absolute Gasteiger partial charge is 0.352 e. The lowest BCUT2D eigenvalue weighted by Gasteiger charge is -2.23. The number of amides is 1. The van der Waals surface area contributed by atoms with Gasteiger partial charge < -0.3 is 15.2 Å². The molecule has 1 fully saturated rings. The van der Waals surface area contributed by atoms with Crippen LogP contribution in [0.4, 0.5) is 4.39 Å². The van der Waals surface area contributed by atoms with Crippen LogP contribution in [-0.2, 0) is 11.2 Å². The van der Waals surface area contributed by atoms with Gasteiger partial charge in [-0.1, -0.05) is 17.3 Å². The Hall–Kier alpha value is -2.28. The Morgan fingerprint density at radius 3 is 3.12 bits per heavy atom. The minimum atomic E-state index is -0.306. The summed E-state index contributed by atoms with van der Waals surface area (Å²) in [7, 11) is 0. The molecule has 1 aliphatic rings. The second kappa shape index (κ2) is 7.53. The van der Waals surface area contributed by atoms with Crippen molar-refractivity contribution in [2.45, 2.75) is 38.6 Å². The van der Waals surface area contributed by atoms with Crippen LogP contribution >= 0.6 is 0 Å². The summed E-state index contributed by atoms with van der Waals surface area (Å²) < 4.78 is 18.8. The predicted molar refractivity (Wildman–Crippen MR) is 86.8 cm³/mol. The molecule has 0 bridgehead atoms. The van der Waals surface area contributed by atoms with E-state index < -0.39 is 0 Å². The summed E-state index contributed by atoms with van der Waals surface area (Å²) in [6, 6.07) is 5.00. The molecule has 0 aliphatic carbocycles. The first kappa shape index (κ1) is 16.6. The highest BCUT2D eigenvalue weighted by atomic mass is 19.1. The summed E-state index contributed by atoms with van der Waals surface area (Å²) in [6.07, 6.45) is 2.74. The Morgan fingerprint density at radius 2 is 2.38 bits per heavy atom. The highest BCUT2D eigenvalue weighted by Gasteiger charge is 2.16. The number of nitrogens with zero attached hydrogens (tertiary/aromatic N) is 2. The van der Waals surface area contributed by atoms with Gasteiger partial charge in [-0.25, -0.2) is 4.39 Å². The summed E-state index contributed by atoms with van der Waals surface area (Å²) in [5.41, 5.74) is 1.13. The number of carbonyl (C=O) groups is 1. The van der Waals surface area contributed by atoms with E-state index in [0.29, 0.717) is 35.7 Å². The first-order valence-electron chi connectivity index (χ1n) is 8.21. The van der Waals surface area contributed by atoms with E-state index >= 15 is 0 Å². The number of hydrogen-bond acceptors (Lipinski definition) is 5. The van der Waals surface area contributed by atoms with Gasteiger partial charge in [-0.3, -0.25) is 4.79 Å². The van der Waals surface area contributed by atoms with Crippen LogP contribution < -0.4 is 10.6 Å². The Bertz CT molecular complexity index is 710. The zero-order valence-corrected chi connectivity index (χ0v) is 13.6. The number of piperidine rings is 1. The summed E-state index contributed by atoms with van der Waals surface area (Å²) in [5, 5.41) is 10.1. The SMILES string of the molecule is Cc1ccc(-c2noc(CCC(=O)N[C@H]3CCCNC3)n2)cc1F. The molecule has 1 aliphatic heterocycles. The van der Waals surface area contributed by atoms with E-state index in [1.54, 1.807) is 19.1 Å². The van der Waals surface area contributed by atoms with E-state index in [1.807, 2.05) is 0 Å². The Balaban J connectivity index is 1.53. The van der Waals surface area contributed by atoms with E-state index in [-0.39, 0.29) is 17.8 Å². The van der Waals surface area contributed by atoms with Crippen molar-refractivity contribution in [3.63, 3.8) is 0 Å². The van der Waals surface area contributed by atoms with Gasteiger partial charge in [-0.15, -0.1) is 0 Å². The maximum Gasteiger partial charge on any atom is 0.227 e. The monoisotopic (exact) mass is 332 g/mol. The zero-order chi connectivity index (χ0) is 16.9. The number of nitrogens with one attached hydrogen (secondary N) is 2. The van der Waals surface area contributed by atoms with Crippen molar-refractivity contribution < 1.29 is 13.7 Å². The third-order valence-electron chi connectivity index (χ3n) is 4.13. The first-order chi connectivity index (χ1) is 11.6. The molecule has 2 N–H and O–H groups in total. The van der Waals surface area contributed by atoms with Crippen molar-refractivity contribution >= 4 is 5.91 Å². The maximum atomic E-state index is 13.6. The minimum Gasteiger partial charge on any atom is -0.352 e. The Kier molecular flexibility index (Phi) is 5.20. The molecule has 2 aromatic rings. The topological polar surface area (TPSA) is 80.0 Å². The van der Waals surface area contributed by atoms with Crippen molar-refractivity contribution in [1.29, 1.82) is 0 Å². The average Bonchev–Trinajstić information content (AvgIpc) is 3.05. The van der Waals surface area contributed by atoms with Crippen molar-refractivity contribution in [3.8, 4) is 11.4 Å². The van der Waals surface area contributed by atoms with Crippen LogP contribution in [0.1, 0.15) is 30.7 Å². The standard InChI is InChI=1S/C17H21FN4O2/c1-11-4-5-12(9-14(11)18)17-21-16(24-22-17)7-6-15(23)20-13-3-2-8-19-10-13/h4-5,9,13,19H,2-3,6-8,10H2,1H3,(H,20,23)/t13-/m0/s1. The fourth-order valence-electron chi connectivity index (χ4n) is 2.70. The van der Waals surface area contributed by atoms with Gasteiger partial charge in [-0.2, -0.15) is 4.98 Å². The van der Waals surface area contributed by atoms with Gasteiger partial charge in [0.2, 0.25) is 17.6 Å². The van der Waals surface area contributed by atoms with Crippen LogP contribution in [0.3, 0.4) is 0 Å². The smallest absolute Gasteiger partial charge is 0.227 e. The number of aryl methyl sites for hydroxylation is 2. The molecule has 0 saturated carbocycles. The maximum absolute atomic E-state index is 13.6. The van der Waals surface area contributed by atoms with Crippen molar-refractivity contribution in [3.05, 3.63) is 35.5 Å². The average molecular weight is 332 g/mol. The molecule has 1 saturated heterocycles. The van der Waals surface area contributed by atoms with Crippen LogP contribution in [0.25, 0.3) is 11.4 Å². The fraction of sp³-hybridized carbons (Fsp3) is 0.471. The number of rotatable bonds is 5. The van der Waals surface area contributed by atoms with Gasteiger partial charge >= 0.3 is 0 Å². The van der Waals surface area contributed by atoms with Crippen LogP contribution in [0, 0.1) is 12.7 Å². The number of carbonyl (C=O) groups excluding carboxylic acids is 1. The Labute approximate surface area is 139 Å². The number of aromatic nitrogens is 2. The van der Waals surface area contributed by atoms with Gasteiger partial charge in [0.05, 0.1) is 0 Å². The first-order valence-corrected chi connectivity index (χ1v) is 8.21. The van der Waals surface area contributed by atoms with Gasteiger partial charge in [0, 0.05) is 31.0 Å². The molecule has 3 rings (SSSR count). The predicted octanol–water partition coefficient (Wildman–Crippen LogP) is 1.98. The molecule has 24 heavy (non-hydrogen) atoms. The summed E-state index contributed by atoms with van der Waals surface area (Å²) in [4.78, 5) is 16.2. The van der Waals surface area contributed by atoms with Gasteiger partial charge in [0.25, 0.3) is 0 Å². The van der Waals surface area contributed by atoms with Crippen LogP contribution in [0.5, 0.6) is 0 Å². The number of benzene rings is 1. The number of hydrogen-bond donors (Lipinski definition) is 2. The molecule has 1 amide bonds. The molecule has 6 nitrogen and oxygen atoms in total. The van der Waals surface area contributed by atoms with E-state index in [1.165, 1.54) is 6.07 Å². The molecule has 1 aromatic carbocycles. The van der Waals surface area contributed by atoms with Crippen molar-refractivity contribution in [2.24, 2.45) is 0 Å². The lowest BCUT2D eigenvalue weighted by Crippen LogP contribution is -2.45. The molecule has 0 spiro atoms. The van der Waals surface area contributed by atoms with Crippen LogP contribution in [-0.4, -0.2) is 35.2 Å². The number of halogens is 1. The molecule has 0 unspecified atom stereocenters. The second-order valence-electron chi connectivity index (χ2n) is 6.09. The van der Waals surface area contributed by atoms with E-state index in [2.05, 4.69) is 20.8 Å². The summed E-state index contributed by atoms with van der Waals surface area (Å²) in [6.45, 7) is 3.52. The van der Waals surface area contributed by atoms with Crippen LogP contribution in [0.2, 0.25) is 0 Å². The zero-order valence-electron chi connectivity index (χ0n) is 13.6. The van der Waals surface area contributed by atoms with Crippen molar-refractivity contribution in [1.82, 2.24) is 20.8 Å². The highest BCUT2D eigenvalue weighted by molar-refractivity contribution is 5.76.